The topological polar surface area (TPSA) is 98.8 Å². The zero-order valence-corrected chi connectivity index (χ0v) is 14.2. The molecular weight excluding hydrogens is 332 g/mol. The van der Waals surface area contributed by atoms with E-state index in [2.05, 4.69) is 5.32 Å². The summed E-state index contributed by atoms with van der Waals surface area (Å²) in [4.78, 5) is 37.8. The third-order valence-corrected chi connectivity index (χ3v) is 6.38. The average Bonchev–Trinajstić information content (AvgIpc) is 2.59. The molecule has 0 spiro atoms. The predicted molar refractivity (Wildman–Crippen MR) is 86.3 cm³/mol. The van der Waals surface area contributed by atoms with Gasteiger partial charge in [-0.1, -0.05) is 18.2 Å². The van der Waals surface area contributed by atoms with Gasteiger partial charge < -0.3 is 14.6 Å². The molecule has 24 heavy (non-hydrogen) atoms. The molecule has 3 unspecified atom stereocenters. The van der Waals surface area contributed by atoms with E-state index in [-0.39, 0.29) is 24.1 Å². The summed E-state index contributed by atoms with van der Waals surface area (Å²) in [5, 5.41) is 2.05. The second kappa shape index (κ2) is 6.10. The molecule has 2 heterocycles. The van der Waals surface area contributed by atoms with Gasteiger partial charge in [0.1, 0.15) is 11.2 Å². The Morgan fingerprint density at radius 3 is 2.67 bits per heavy atom. The number of fused-ring (bicyclic) bond motifs is 1. The van der Waals surface area contributed by atoms with Crippen molar-refractivity contribution in [2.24, 2.45) is 5.41 Å². The molecule has 0 aromatic heterocycles. The van der Waals surface area contributed by atoms with Crippen molar-refractivity contribution in [1.82, 2.24) is 10.2 Å². The molecule has 4 atom stereocenters. The molecule has 2 aliphatic heterocycles. The highest BCUT2D eigenvalue weighted by molar-refractivity contribution is 7.92. The number of carbonyl (C=O) groups excluding carboxylic acids is 3. The number of rotatable bonds is 3. The fourth-order valence-electron chi connectivity index (χ4n) is 3.12. The van der Waals surface area contributed by atoms with Crippen LogP contribution in [0.15, 0.2) is 30.3 Å². The minimum absolute atomic E-state index is 0.103. The van der Waals surface area contributed by atoms with Crippen LogP contribution in [0.4, 0.5) is 0 Å². The van der Waals surface area contributed by atoms with E-state index in [0.717, 1.165) is 0 Å². The van der Waals surface area contributed by atoms with Crippen LogP contribution >= 0.6 is 0 Å². The van der Waals surface area contributed by atoms with Gasteiger partial charge in [-0.05, 0) is 30.2 Å². The molecule has 2 fully saturated rings. The maximum Gasteiger partial charge on any atom is 0.318 e. The van der Waals surface area contributed by atoms with Crippen LogP contribution in [-0.4, -0.2) is 58.1 Å². The molecule has 0 saturated carbocycles. The highest BCUT2D eigenvalue weighted by Gasteiger charge is 2.63. The van der Waals surface area contributed by atoms with E-state index in [1.165, 1.54) is 12.0 Å². The van der Waals surface area contributed by atoms with Crippen LogP contribution in [0, 0.1) is 5.41 Å². The minimum atomic E-state index is -1.45. The molecule has 1 aromatic rings. The number of hydrogen-bond acceptors (Lipinski definition) is 5. The lowest BCUT2D eigenvalue weighted by Crippen LogP contribution is -2.78. The number of carbonyl (C=O) groups is 3. The van der Waals surface area contributed by atoms with Gasteiger partial charge in [-0.15, -0.1) is 0 Å². The first-order valence-electron chi connectivity index (χ1n) is 7.49. The van der Waals surface area contributed by atoms with E-state index >= 15 is 0 Å². The van der Waals surface area contributed by atoms with Gasteiger partial charge in [-0.25, -0.2) is 0 Å². The molecule has 2 amide bonds. The van der Waals surface area contributed by atoms with E-state index in [9.17, 15) is 18.9 Å². The zero-order valence-electron chi connectivity index (χ0n) is 13.4. The number of amides is 2. The van der Waals surface area contributed by atoms with Crippen LogP contribution in [0.5, 0.6) is 0 Å². The third kappa shape index (κ3) is 2.65. The Kier molecular flexibility index (Phi) is 4.27. The number of methoxy groups -OCH3 is 1. The van der Waals surface area contributed by atoms with Crippen LogP contribution in [0.3, 0.4) is 0 Å². The third-order valence-electron chi connectivity index (χ3n) is 4.39. The van der Waals surface area contributed by atoms with Gasteiger partial charge in [0, 0.05) is 12.1 Å². The van der Waals surface area contributed by atoms with Crippen molar-refractivity contribution in [3.63, 3.8) is 0 Å². The molecule has 2 aliphatic rings. The van der Waals surface area contributed by atoms with Gasteiger partial charge >= 0.3 is 5.97 Å². The molecule has 7 nitrogen and oxygen atoms in total. The molecule has 1 N–H and O–H groups in total. The summed E-state index contributed by atoms with van der Waals surface area (Å²) < 4.78 is 17.3. The molecule has 0 aliphatic carbocycles. The lowest BCUT2D eigenvalue weighted by atomic mass is 9.89. The van der Waals surface area contributed by atoms with Crippen LogP contribution < -0.4 is 5.32 Å². The van der Waals surface area contributed by atoms with E-state index in [1.807, 2.05) is 0 Å². The summed E-state index contributed by atoms with van der Waals surface area (Å²) >= 11 is -1.45. The largest absolute Gasteiger partial charge is 0.615 e. The van der Waals surface area contributed by atoms with Crippen molar-refractivity contribution in [3.8, 4) is 0 Å². The van der Waals surface area contributed by atoms with Crippen LogP contribution in [0.25, 0.3) is 0 Å². The highest BCUT2D eigenvalue weighted by atomic mass is 32.2. The monoisotopic (exact) mass is 350 g/mol. The minimum Gasteiger partial charge on any atom is -0.615 e. The number of β-lactam (4-membered cyclic amide) rings is 1. The molecule has 0 radical (unpaired) electrons. The van der Waals surface area contributed by atoms with Crippen molar-refractivity contribution in [1.29, 1.82) is 0 Å². The van der Waals surface area contributed by atoms with Gasteiger partial charge in [0.05, 0.1) is 7.11 Å². The summed E-state index contributed by atoms with van der Waals surface area (Å²) in [5.41, 5.74) is -0.551. The van der Waals surface area contributed by atoms with Gasteiger partial charge in [-0.3, -0.25) is 19.3 Å². The lowest BCUT2D eigenvalue weighted by molar-refractivity contribution is -0.159. The number of nitrogens with one attached hydrogen (secondary N) is 1. The Balaban J connectivity index is 1.72. The van der Waals surface area contributed by atoms with Crippen molar-refractivity contribution in [3.05, 3.63) is 35.9 Å². The first kappa shape index (κ1) is 16.8. The summed E-state index contributed by atoms with van der Waals surface area (Å²) in [6, 6.07) is 7.71. The number of hydrogen-bond donors (Lipinski definition) is 1. The van der Waals surface area contributed by atoms with E-state index in [1.54, 1.807) is 37.3 Å². The normalized spacial score (nSPS) is 31.7. The maximum atomic E-state index is 12.5. The lowest BCUT2D eigenvalue weighted by Gasteiger charge is -2.52. The number of benzene rings is 1. The first-order chi connectivity index (χ1) is 11.4. The highest BCUT2D eigenvalue weighted by Crippen LogP contribution is 2.38. The Morgan fingerprint density at radius 2 is 2.04 bits per heavy atom. The summed E-state index contributed by atoms with van der Waals surface area (Å²) in [6.45, 7) is 1.78. The fourth-order valence-corrected chi connectivity index (χ4v) is 5.08. The first-order valence-corrected chi connectivity index (χ1v) is 8.87. The van der Waals surface area contributed by atoms with Gasteiger partial charge in [-0.2, -0.15) is 0 Å². The van der Waals surface area contributed by atoms with Crippen LogP contribution in [0.1, 0.15) is 17.3 Å². The quantitative estimate of drug-likeness (QED) is 0.466. The Bertz CT molecular complexity index is 682. The van der Waals surface area contributed by atoms with Crippen LogP contribution in [0.2, 0.25) is 0 Å². The van der Waals surface area contributed by atoms with Gasteiger partial charge in [0.25, 0.3) is 11.8 Å². The Hall–Kier alpha value is -2.06. The second-order valence-corrected chi connectivity index (χ2v) is 7.78. The maximum absolute atomic E-state index is 12.5. The summed E-state index contributed by atoms with van der Waals surface area (Å²) in [5.74, 6) is -1.09. The molecular formula is C16H18N2O5S. The summed E-state index contributed by atoms with van der Waals surface area (Å²) in [7, 11) is 1.27. The van der Waals surface area contributed by atoms with E-state index < -0.39 is 34.0 Å². The van der Waals surface area contributed by atoms with Crippen molar-refractivity contribution < 1.29 is 23.7 Å². The average molecular weight is 350 g/mol. The number of ether oxygens (including phenoxy) is 1. The second-order valence-electron chi connectivity index (χ2n) is 6.25. The smallest absolute Gasteiger partial charge is 0.318 e. The summed E-state index contributed by atoms with van der Waals surface area (Å²) in [6.07, 6.45) is 0. The molecule has 8 heteroatoms. The van der Waals surface area contributed by atoms with Crippen molar-refractivity contribution in [2.75, 3.05) is 19.4 Å². The van der Waals surface area contributed by atoms with Crippen molar-refractivity contribution >= 4 is 29.0 Å². The zero-order chi connectivity index (χ0) is 17.5. The van der Waals surface area contributed by atoms with Gasteiger partial charge in [0.2, 0.25) is 5.37 Å². The molecule has 1 aromatic carbocycles. The Labute approximate surface area is 142 Å². The number of nitrogens with zero attached hydrogens (tertiary/aromatic N) is 1. The fraction of sp³-hybridized carbons (Fsp3) is 0.438. The van der Waals surface area contributed by atoms with E-state index in [4.69, 9.17) is 4.74 Å². The molecule has 0 bridgehead atoms. The number of esters is 1. The molecule has 3 rings (SSSR count). The standard InChI is InChI=1S/C16H18N2O5S/c1-16(15(21)23-2)8-18-13(20)11(14(18)24(22)9-16)17-12(19)10-6-4-3-5-7-10/h3-7,11,14H,8-9H2,1-2H3,(H,17,19)/t11?,14-,16?,24?/m1/s1. The SMILES string of the molecule is COC(=O)C1(C)CN2C(=O)C(NC(=O)c3ccccc3)[C@H]2[S+]([O-])C1. The molecule has 128 valence electrons. The van der Waals surface area contributed by atoms with Gasteiger partial charge in [0.15, 0.2) is 6.04 Å². The molecule has 2 saturated heterocycles. The predicted octanol–water partition coefficient (Wildman–Crippen LogP) is -0.105. The Morgan fingerprint density at radius 1 is 1.38 bits per heavy atom. The van der Waals surface area contributed by atoms with Crippen LogP contribution in [-0.2, 0) is 25.5 Å². The van der Waals surface area contributed by atoms with E-state index in [0.29, 0.717) is 5.56 Å². The van der Waals surface area contributed by atoms with Crippen molar-refractivity contribution in [2.45, 2.75) is 18.3 Å².